The molecule has 2 rings (SSSR count). The number of hydrogen-bond donors (Lipinski definition) is 2. The van der Waals surface area contributed by atoms with Crippen LogP contribution >= 0.6 is 27.5 Å². The summed E-state index contributed by atoms with van der Waals surface area (Å²) in [5.41, 5.74) is 3.92. The summed E-state index contributed by atoms with van der Waals surface area (Å²) in [6.07, 6.45) is 0. The molecule has 5 nitrogen and oxygen atoms in total. The summed E-state index contributed by atoms with van der Waals surface area (Å²) in [7, 11) is 0. The van der Waals surface area contributed by atoms with Crippen molar-refractivity contribution in [3.8, 4) is 23.3 Å². The smallest absolute Gasteiger partial charge is 0.268 e. The number of anilines is 1. The highest BCUT2D eigenvalue weighted by Crippen LogP contribution is 2.36. The number of nitrogens with two attached hydrogens (primary N) is 1. The minimum absolute atomic E-state index is 0.0340. The lowest BCUT2D eigenvalue weighted by Gasteiger charge is -2.11. The molecule has 0 saturated heterocycles. The van der Waals surface area contributed by atoms with Crippen LogP contribution in [0, 0.1) is 28.5 Å². The summed E-state index contributed by atoms with van der Waals surface area (Å²) < 4.78 is 14.3. The Labute approximate surface area is 131 Å². The van der Waals surface area contributed by atoms with Gasteiger partial charge in [-0.15, -0.1) is 0 Å². The fourth-order valence-corrected chi connectivity index (χ4v) is 2.32. The fourth-order valence-electron chi connectivity index (χ4n) is 1.83. The van der Waals surface area contributed by atoms with Crippen molar-refractivity contribution < 1.29 is 4.39 Å². The van der Waals surface area contributed by atoms with Gasteiger partial charge in [0.05, 0.1) is 9.50 Å². The number of nitrogen functional groups attached to an aromatic ring is 1. The number of nitrogens with zero attached hydrogens (tertiary/aromatic N) is 2. The second-order valence-corrected chi connectivity index (χ2v) is 5.14. The SMILES string of the molecule is N#Cc1c(N)[nH]c(=O)c(C#N)c1-c1ccc(Cl)c(Br)c1F. The van der Waals surface area contributed by atoms with Crippen LogP contribution in [0.2, 0.25) is 5.02 Å². The molecule has 8 heteroatoms. The van der Waals surface area contributed by atoms with Gasteiger partial charge in [-0.25, -0.2) is 4.39 Å². The Balaban J connectivity index is 3.01. The van der Waals surface area contributed by atoms with E-state index in [1.165, 1.54) is 12.1 Å². The fraction of sp³-hybridized carbons (Fsp3) is 0. The zero-order valence-corrected chi connectivity index (χ0v) is 12.5. The Hall–Kier alpha value is -2.35. The van der Waals surface area contributed by atoms with Gasteiger partial charge < -0.3 is 10.7 Å². The van der Waals surface area contributed by atoms with Gasteiger partial charge >= 0.3 is 0 Å². The van der Waals surface area contributed by atoms with Gasteiger partial charge in [0.2, 0.25) is 0 Å². The standard InChI is InChI=1S/C13H5BrClFN4O/c14-10-8(15)2-1-5(11(10)16)9-6(3-17)12(19)20-13(21)7(9)4-18/h1-2H,(H3,19,20,21). The van der Waals surface area contributed by atoms with Crippen LogP contribution in [-0.2, 0) is 0 Å². The quantitative estimate of drug-likeness (QED) is 0.756. The molecule has 1 heterocycles. The van der Waals surface area contributed by atoms with E-state index >= 15 is 0 Å². The minimum atomic E-state index is -0.797. The van der Waals surface area contributed by atoms with Crippen molar-refractivity contribution in [1.82, 2.24) is 4.98 Å². The van der Waals surface area contributed by atoms with Crippen LogP contribution in [0.5, 0.6) is 0 Å². The van der Waals surface area contributed by atoms with E-state index in [1.54, 1.807) is 12.1 Å². The summed E-state index contributed by atoms with van der Waals surface area (Å²) in [5.74, 6) is -1.03. The second kappa shape index (κ2) is 5.57. The molecule has 0 saturated carbocycles. The van der Waals surface area contributed by atoms with Crippen LogP contribution in [-0.4, -0.2) is 4.98 Å². The van der Waals surface area contributed by atoms with E-state index in [2.05, 4.69) is 20.9 Å². The molecule has 0 aliphatic carbocycles. The first-order valence-corrected chi connectivity index (χ1v) is 6.59. The van der Waals surface area contributed by atoms with Crippen LogP contribution in [0.4, 0.5) is 10.2 Å². The highest BCUT2D eigenvalue weighted by molar-refractivity contribution is 9.10. The first kappa shape index (κ1) is 15.0. The minimum Gasteiger partial charge on any atom is -0.384 e. The van der Waals surface area contributed by atoms with Crippen molar-refractivity contribution in [1.29, 1.82) is 10.5 Å². The summed E-state index contributed by atoms with van der Waals surface area (Å²) >= 11 is 8.74. The van der Waals surface area contributed by atoms with E-state index in [9.17, 15) is 9.18 Å². The van der Waals surface area contributed by atoms with Crippen molar-refractivity contribution in [2.24, 2.45) is 0 Å². The van der Waals surface area contributed by atoms with Crippen molar-refractivity contribution in [3.05, 3.63) is 48.9 Å². The number of aromatic amines is 1. The Bertz CT molecular complexity index is 895. The van der Waals surface area contributed by atoms with Crippen molar-refractivity contribution in [2.75, 3.05) is 5.73 Å². The molecular weight excluding hydrogens is 363 g/mol. The van der Waals surface area contributed by atoms with Gasteiger partial charge in [-0.1, -0.05) is 11.6 Å². The number of benzene rings is 1. The van der Waals surface area contributed by atoms with Gasteiger partial charge in [0.15, 0.2) is 0 Å². The average molecular weight is 368 g/mol. The molecule has 104 valence electrons. The summed E-state index contributed by atoms with van der Waals surface area (Å²) in [6, 6.07) is 6.08. The molecule has 0 fully saturated rings. The summed E-state index contributed by atoms with van der Waals surface area (Å²) in [5, 5.41) is 18.4. The van der Waals surface area contributed by atoms with Gasteiger partial charge in [-0.3, -0.25) is 4.79 Å². The van der Waals surface area contributed by atoms with E-state index in [0.717, 1.165) is 0 Å². The highest BCUT2D eigenvalue weighted by atomic mass is 79.9. The van der Waals surface area contributed by atoms with E-state index in [1.807, 2.05) is 0 Å². The summed E-state index contributed by atoms with van der Waals surface area (Å²) in [6.45, 7) is 0. The van der Waals surface area contributed by atoms with E-state index in [4.69, 9.17) is 27.9 Å². The number of nitrogens with one attached hydrogen (secondary N) is 1. The molecule has 0 aliphatic rings. The molecular formula is C13H5BrClFN4O. The number of halogens is 3. The zero-order valence-electron chi connectivity index (χ0n) is 10.2. The third-order valence-corrected chi connectivity index (χ3v) is 4.09. The molecule has 1 aromatic heterocycles. The number of rotatable bonds is 1. The van der Waals surface area contributed by atoms with E-state index in [-0.39, 0.29) is 32.0 Å². The predicted molar refractivity (Wildman–Crippen MR) is 79.0 cm³/mol. The van der Waals surface area contributed by atoms with Crippen LogP contribution in [0.3, 0.4) is 0 Å². The van der Waals surface area contributed by atoms with Crippen LogP contribution < -0.4 is 11.3 Å². The number of H-pyrrole nitrogens is 1. The largest absolute Gasteiger partial charge is 0.384 e. The molecule has 2 aromatic rings. The predicted octanol–water partition coefficient (Wildman–Crippen LogP) is 2.92. The molecule has 0 bridgehead atoms. The van der Waals surface area contributed by atoms with E-state index < -0.39 is 16.9 Å². The Kier molecular flexibility index (Phi) is 3.99. The van der Waals surface area contributed by atoms with Gasteiger partial charge in [0.25, 0.3) is 5.56 Å². The van der Waals surface area contributed by atoms with Crippen molar-refractivity contribution >= 4 is 33.3 Å². The molecule has 3 N–H and O–H groups in total. The van der Waals surface area contributed by atoms with Crippen molar-refractivity contribution in [2.45, 2.75) is 0 Å². The number of nitriles is 2. The molecule has 21 heavy (non-hydrogen) atoms. The van der Waals surface area contributed by atoms with Crippen molar-refractivity contribution in [3.63, 3.8) is 0 Å². The highest BCUT2D eigenvalue weighted by Gasteiger charge is 2.22. The lowest BCUT2D eigenvalue weighted by atomic mass is 9.96. The maximum Gasteiger partial charge on any atom is 0.268 e. The topological polar surface area (TPSA) is 106 Å². The maximum absolute atomic E-state index is 14.3. The van der Waals surface area contributed by atoms with E-state index in [0.29, 0.717) is 0 Å². The Morgan fingerprint density at radius 1 is 1.29 bits per heavy atom. The molecule has 0 amide bonds. The zero-order chi connectivity index (χ0) is 15.7. The normalized spacial score (nSPS) is 9.95. The Morgan fingerprint density at radius 2 is 1.90 bits per heavy atom. The maximum atomic E-state index is 14.3. The molecule has 1 aromatic carbocycles. The second-order valence-electron chi connectivity index (χ2n) is 3.94. The Morgan fingerprint density at radius 3 is 2.48 bits per heavy atom. The third-order valence-electron chi connectivity index (χ3n) is 2.77. The number of aromatic nitrogens is 1. The van der Waals surface area contributed by atoms with Crippen LogP contribution in [0.25, 0.3) is 11.1 Å². The third kappa shape index (κ3) is 2.38. The molecule has 0 radical (unpaired) electrons. The first-order chi connectivity index (χ1) is 9.92. The van der Waals surface area contributed by atoms with Gasteiger partial charge in [-0.05, 0) is 28.1 Å². The molecule has 0 atom stereocenters. The molecule has 0 aliphatic heterocycles. The van der Waals surface area contributed by atoms with Gasteiger partial charge in [-0.2, -0.15) is 10.5 Å². The van der Waals surface area contributed by atoms with Crippen LogP contribution in [0.15, 0.2) is 21.4 Å². The molecule has 0 spiro atoms. The monoisotopic (exact) mass is 366 g/mol. The summed E-state index contributed by atoms with van der Waals surface area (Å²) in [4.78, 5) is 14.0. The molecule has 0 unspecified atom stereocenters. The first-order valence-electron chi connectivity index (χ1n) is 5.42. The lowest BCUT2D eigenvalue weighted by molar-refractivity contribution is 0.624. The van der Waals surface area contributed by atoms with Crippen LogP contribution in [0.1, 0.15) is 11.1 Å². The van der Waals surface area contributed by atoms with Gasteiger partial charge in [0.1, 0.15) is 34.9 Å². The average Bonchev–Trinajstić information content (AvgIpc) is 2.44. The number of pyridine rings is 1. The van der Waals surface area contributed by atoms with Gasteiger partial charge in [0, 0.05) is 11.1 Å². The number of hydrogen-bond acceptors (Lipinski definition) is 4. The lowest BCUT2D eigenvalue weighted by Crippen LogP contribution is -2.16.